The zero-order valence-electron chi connectivity index (χ0n) is 19.8. The number of ether oxygens (including phenoxy) is 1. The lowest BCUT2D eigenvalue weighted by molar-refractivity contribution is -0.155. The zero-order chi connectivity index (χ0) is 25.5. The standard InChI is InChI=1S/C24H28N4O7/c1-13(2)18(27-19(30)15-6-4-5-7-16(15)20(27)31)21(32)35-12-17(29)26-28-22(33)24(25-23(28)34)10-8-14(3)9-11-24/h4-7,13-14,18H,8-12H2,1-3H3,(H,25,34)(H,26,29)/t14?,18-,24?/m0/s1. The Balaban J connectivity index is 1.38. The summed E-state index contributed by atoms with van der Waals surface area (Å²) in [6, 6.07) is 4.25. The van der Waals surface area contributed by atoms with Crippen molar-refractivity contribution >= 4 is 35.6 Å². The van der Waals surface area contributed by atoms with E-state index in [-0.39, 0.29) is 11.1 Å². The Morgan fingerprint density at radius 3 is 2.20 bits per heavy atom. The molecule has 2 aliphatic heterocycles. The van der Waals surface area contributed by atoms with E-state index in [2.05, 4.69) is 17.7 Å². The van der Waals surface area contributed by atoms with Crippen molar-refractivity contribution in [1.29, 1.82) is 0 Å². The molecule has 0 radical (unpaired) electrons. The van der Waals surface area contributed by atoms with E-state index in [1.165, 1.54) is 12.1 Å². The number of imide groups is 2. The highest BCUT2D eigenvalue weighted by Gasteiger charge is 2.53. The molecular formula is C24H28N4O7. The monoisotopic (exact) mass is 484 g/mol. The second kappa shape index (κ2) is 9.12. The van der Waals surface area contributed by atoms with Crippen molar-refractivity contribution in [2.75, 3.05) is 6.61 Å². The molecule has 4 rings (SSSR count). The van der Waals surface area contributed by atoms with Crippen molar-refractivity contribution in [3.63, 3.8) is 0 Å². The SMILES string of the molecule is CC1CCC2(CC1)NC(=O)N(NC(=O)COC(=O)[C@H](C(C)C)N1C(=O)c3ccccc3C1=O)C2=O. The Morgan fingerprint density at radius 2 is 1.66 bits per heavy atom. The molecule has 1 atom stereocenters. The van der Waals surface area contributed by atoms with Crippen LogP contribution in [0.25, 0.3) is 0 Å². The van der Waals surface area contributed by atoms with Crippen LogP contribution >= 0.6 is 0 Å². The van der Waals surface area contributed by atoms with Gasteiger partial charge in [0.2, 0.25) is 0 Å². The third-order valence-electron chi connectivity index (χ3n) is 6.85. The Hall–Kier alpha value is -3.76. The molecule has 2 heterocycles. The molecule has 1 aromatic rings. The highest BCUT2D eigenvalue weighted by molar-refractivity contribution is 6.22. The quantitative estimate of drug-likeness (QED) is 0.353. The maximum absolute atomic E-state index is 12.9. The molecule has 3 aliphatic rings. The van der Waals surface area contributed by atoms with Gasteiger partial charge in [-0.15, -0.1) is 0 Å². The van der Waals surface area contributed by atoms with Gasteiger partial charge >= 0.3 is 12.0 Å². The molecule has 1 aromatic carbocycles. The summed E-state index contributed by atoms with van der Waals surface area (Å²) in [4.78, 5) is 76.9. The Labute approximate surface area is 202 Å². The summed E-state index contributed by atoms with van der Waals surface area (Å²) in [5, 5.41) is 3.30. The third-order valence-corrected chi connectivity index (χ3v) is 6.85. The molecule has 11 heteroatoms. The Morgan fingerprint density at radius 1 is 1.09 bits per heavy atom. The first-order valence-electron chi connectivity index (χ1n) is 11.7. The van der Waals surface area contributed by atoms with Gasteiger partial charge in [0, 0.05) is 0 Å². The molecule has 1 spiro atoms. The molecular weight excluding hydrogens is 456 g/mol. The topological polar surface area (TPSA) is 142 Å². The summed E-state index contributed by atoms with van der Waals surface area (Å²) >= 11 is 0. The van der Waals surface area contributed by atoms with Crippen LogP contribution < -0.4 is 10.7 Å². The lowest BCUT2D eigenvalue weighted by Crippen LogP contribution is -2.52. The molecule has 1 aliphatic carbocycles. The van der Waals surface area contributed by atoms with Crippen LogP contribution in [0, 0.1) is 11.8 Å². The number of fused-ring (bicyclic) bond motifs is 1. The molecule has 35 heavy (non-hydrogen) atoms. The molecule has 0 bridgehead atoms. The van der Waals surface area contributed by atoms with Gasteiger partial charge in [0.05, 0.1) is 11.1 Å². The van der Waals surface area contributed by atoms with Gasteiger partial charge in [0.1, 0.15) is 11.6 Å². The minimum absolute atomic E-state index is 0.193. The lowest BCUT2D eigenvalue weighted by Gasteiger charge is -2.33. The van der Waals surface area contributed by atoms with Crippen LogP contribution in [0.2, 0.25) is 0 Å². The van der Waals surface area contributed by atoms with Crippen LogP contribution in [-0.4, -0.2) is 63.7 Å². The number of benzene rings is 1. The fourth-order valence-electron chi connectivity index (χ4n) is 4.83. The molecule has 11 nitrogen and oxygen atoms in total. The van der Waals surface area contributed by atoms with E-state index in [0.29, 0.717) is 23.8 Å². The number of hydrogen-bond donors (Lipinski definition) is 2. The summed E-state index contributed by atoms with van der Waals surface area (Å²) in [7, 11) is 0. The van der Waals surface area contributed by atoms with Gasteiger partial charge in [-0.25, -0.2) is 9.59 Å². The third kappa shape index (κ3) is 4.26. The number of hydrazine groups is 1. The lowest BCUT2D eigenvalue weighted by atomic mass is 9.77. The fourth-order valence-corrected chi connectivity index (χ4v) is 4.83. The van der Waals surface area contributed by atoms with Crippen molar-refractivity contribution in [2.24, 2.45) is 11.8 Å². The number of nitrogens with one attached hydrogen (secondary N) is 2. The molecule has 2 N–H and O–H groups in total. The van der Waals surface area contributed by atoms with Gasteiger partial charge in [-0.2, -0.15) is 5.01 Å². The van der Waals surface area contributed by atoms with E-state index >= 15 is 0 Å². The minimum Gasteiger partial charge on any atom is -0.454 e. The van der Waals surface area contributed by atoms with Crippen LogP contribution in [0.4, 0.5) is 4.79 Å². The zero-order valence-corrected chi connectivity index (χ0v) is 19.8. The van der Waals surface area contributed by atoms with Crippen LogP contribution in [0.1, 0.15) is 67.2 Å². The molecule has 1 saturated heterocycles. The fraction of sp³-hybridized carbons (Fsp3) is 0.500. The number of rotatable bonds is 6. The molecule has 0 aromatic heterocycles. The average molecular weight is 485 g/mol. The predicted molar refractivity (Wildman–Crippen MR) is 120 cm³/mol. The second-order valence-electron chi connectivity index (χ2n) is 9.69. The van der Waals surface area contributed by atoms with Gasteiger partial charge in [0.15, 0.2) is 6.61 Å². The number of urea groups is 1. The summed E-state index contributed by atoms with van der Waals surface area (Å²) < 4.78 is 5.10. The first-order chi connectivity index (χ1) is 16.6. The van der Waals surface area contributed by atoms with E-state index in [1.807, 2.05) is 0 Å². The van der Waals surface area contributed by atoms with Gasteiger partial charge in [-0.1, -0.05) is 32.9 Å². The molecule has 0 unspecified atom stereocenters. The molecule has 186 valence electrons. The van der Waals surface area contributed by atoms with E-state index in [0.717, 1.165) is 17.7 Å². The van der Waals surface area contributed by atoms with E-state index in [4.69, 9.17) is 4.74 Å². The van der Waals surface area contributed by atoms with Crippen molar-refractivity contribution in [2.45, 2.75) is 58.0 Å². The highest BCUT2D eigenvalue weighted by atomic mass is 16.5. The van der Waals surface area contributed by atoms with Gasteiger partial charge in [-0.3, -0.25) is 29.5 Å². The highest BCUT2D eigenvalue weighted by Crippen LogP contribution is 2.35. The number of hydrogen-bond acceptors (Lipinski definition) is 7. The molecule has 6 amide bonds. The van der Waals surface area contributed by atoms with E-state index < -0.39 is 59.7 Å². The van der Waals surface area contributed by atoms with Crippen LogP contribution in [0.15, 0.2) is 24.3 Å². The van der Waals surface area contributed by atoms with Crippen molar-refractivity contribution in [3.8, 4) is 0 Å². The first kappa shape index (κ1) is 24.4. The average Bonchev–Trinajstić information content (AvgIpc) is 3.20. The second-order valence-corrected chi connectivity index (χ2v) is 9.69. The summed E-state index contributed by atoms with van der Waals surface area (Å²) in [5.41, 5.74) is 1.55. The summed E-state index contributed by atoms with van der Waals surface area (Å²) in [5.74, 6) is -3.65. The number of carbonyl (C=O) groups excluding carboxylic acids is 6. The smallest absolute Gasteiger partial charge is 0.344 e. The number of carbonyl (C=O) groups is 6. The first-order valence-corrected chi connectivity index (χ1v) is 11.7. The maximum atomic E-state index is 12.9. The van der Waals surface area contributed by atoms with Gasteiger partial charge < -0.3 is 10.1 Å². The van der Waals surface area contributed by atoms with E-state index in [9.17, 15) is 28.8 Å². The number of nitrogens with zero attached hydrogens (tertiary/aromatic N) is 2. The number of esters is 1. The Kier molecular flexibility index (Phi) is 6.35. The van der Waals surface area contributed by atoms with E-state index in [1.54, 1.807) is 26.0 Å². The molecule has 2 fully saturated rings. The predicted octanol–water partition coefficient (Wildman–Crippen LogP) is 1.38. The van der Waals surface area contributed by atoms with Crippen LogP contribution in [0.5, 0.6) is 0 Å². The summed E-state index contributed by atoms with van der Waals surface area (Å²) in [6.45, 7) is 4.57. The van der Waals surface area contributed by atoms with Crippen LogP contribution in [0.3, 0.4) is 0 Å². The van der Waals surface area contributed by atoms with Crippen LogP contribution in [-0.2, 0) is 19.1 Å². The van der Waals surface area contributed by atoms with Gasteiger partial charge in [-0.05, 0) is 49.7 Å². The van der Waals surface area contributed by atoms with Crippen molar-refractivity contribution in [3.05, 3.63) is 35.4 Å². The normalized spacial score (nSPS) is 24.6. The van der Waals surface area contributed by atoms with Crippen molar-refractivity contribution < 1.29 is 33.5 Å². The number of amides is 6. The summed E-state index contributed by atoms with van der Waals surface area (Å²) in [6.07, 6.45) is 2.52. The van der Waals surface area contributed by atoms with Crippen molar-refractivity contribution in [1.82, 2.24) is 20.7 Å². The molecule has 1 saturated carbocycles. The van der Waals surface area contributed by atoms with Gasteiger partial charge in [0.25, 0.3) is 23.6 Å². The Bertz CT molecular complexity index is 1070. The maximum Gasteiger partial charge on any atom is 0.344 e. The largest absolute Gasteiger partial charge is 0.454 e. The minimum atomic E-state index is -1.25.